The van der Waals surface area contributed by atoms with Crippen molar-refractivity contribution in [3.63, 3.8) is 0 Å². The highest BCUT2D eigenvalue weighted by atomic mass is 79.9. The molecular formula is C11H13BrFN. The van der Waals surface area contributed by atoms with Gasteiger partial charge >= 0.3 is 0 Å². The molecule has 1 unspecified atom stereocenters. The Labute approximate surface area is 91.8 Å². The van der Waals surface area contributed by atoms with E-state index in [9.17, 15) is 4.39 Å². The van der Waals surface area contributed by atoms with Crippen LogP contribution in [0.4, 0.5) is 10.1 Å². The van der Waals surface area contributed by atoms with Crippen LogP contribution in [0.15, 0.2) is 22.7 Å². The van der Waals surface area contributed by atoms with Gasteiger partial charge in [-0.15, -0.1) is 0 Å². The maximum absolute atomic E-state index is 13.7. The zero-order chi connectivity index (χ0) is 10.2. The van der Waals surface area contributed by atoms with Gasteiger partial charge in [0.25, 0.3) is 0 Å². The molecule has 1 aliphatic heterocycles. The van der Waals surface area contributed by atoms with E-state index < -0.39 is 5.67 Å². The molecule has 0 aliphatic carbocycles. The third kappa shape index (κ3) is 2.08. The second-order valence-corrected chi connectivity index (χ2v) is 4.98. The van der Waals surface area contributed by atoms with Crippen molar-refractivity contribution < 1.29 is 4.39 Å². The summed E-state index contributed by atoms with van der Waals surface area (Å²) in [6, 6.07) is 6.06. The molecule has 1 N–H and O–H groups in total. The van der Waals surface area contributed by atoms with Crippen molar-refractivity contribution in [2.45, 2.75) is 25.4 Å². The number of hydrogen-bond acceptors (Lipinski definition) is 1. The average molecular weight is 258 g/mol. The molecule has 1 aliphatic rings. The van der Waals surface area contributed by atoms with Crippen molar-refractivity contribution in [3.8, 4) is 0 Å². The van der Waals surface area contributed by atoms with Gasteiger partial charge in [-0.05, 0) is 37.5 Å². The van der Waals surface area contributed by atoms with Crippen LogP contribution in [0, 0.1) is 0 Å². The van der Waals surface area contributed by atoms with E-state index in [-0.39, 0.29) is 0 Å². The third-order valence-corrected chi connectivity index (χ3v) is 3.13. The Balaban J connectivity index is 2.30. The molecule has 1 heterocycles. The molecule has 76 valence electrons. The summed E-state index contributed by atoms with van der Waals surface area (Å²) < 4.78 is 14.8. The molecule has 14 heavy (non-hydrogen) atoms. The average Bonchev–Trinajstić information content (AvgIpc) is 2.26. The van der Waals surface area contributed by atoms with Crippen LogP contribution < -0.4 is 5.32 Å². The molecule has 1 aromatic rings. The van der Waals surface area contributed by atoms with E-state index in [0.717, 1.165) is 16.6 Å². The van der Waals surface area contributed by atoms with Gasteiger partial charge in [0, 0.05) is 16.7 Å². The zero-order valence-electron chi connectivity index (χ0n) is 8.11. The van der Waals surface area contributed by atoms with E-state index in [0.29, 0.717) is 13.0 Å². The molecule has 1 atom stereocenters. The fourth-order valence-corrected chi connectivity index (χ4v) is 2.06. The second-order valence-electron chi connectivity index (χ2n) is 4.07. The third-order valence-electron chi connectivity index (χ3n) is 2.63. The molecule has 0 fully saturated rings. The predicted octanol–water partition coefficient (Wildman–Crippen LogP) is 3.54. The SMILES string of the molecule is CC1(F)CCc2ccc(Br)cc2NC1. The maximum atomic E-state index is 13.7. The Morgan fingerprint density at radius 3 is 3.07 bits per heavy atom. The minimum atomic E-state index is -1.09. The molecule has 0 amide bonds. The normalized spacial score (nSPS) is 26.2. The largest absolute Gasteiger partial charge is 0.382 e. The smallest absolute Gasteiger partial charge is 0.125 e. The molecular weight excluding hydrogens is 245 g/mol. The Hall–Kier alpha value is -0.570. The predicted molar refractivity (Wildman–Crippen MR) is 60.5 cm³/mol. The fourth-order valence-electron chi connectivity index (χ4n) is 1.69. The minimum absolute atomic E-state index is 0.399. The Kier molecular flexibility index (Phi) is 2.52. The lowest BCUT2D eigenvalue weighted by Crippen LogP contribution is -2.26. The number of fused-ring (bicyclic) bond motifs is 1. The first-order valence-corrected chi connectivity index (χ1v) is 5.57. The summed E-state index contributed by atoms with van der Waals surface area (Å²) >= 11 is 3.41. The molecule has 0 radical (unpaired) electrons. The zero-order valence-corrected chi connectivity index (χ0v) is 9.70. The first kappa shape index (κ1) is 9.97. The van der Waals surface area contributed by atoms with Gasteiger partial charge in [-0.1, -0.05) is 22.0 Å². The van der Waals surface area contributed by atoms with Crippen LogP contribution in [-0.2, 0) is 6.42 Å². The number of anilines is 1. The highest BCUT2D eigenvalue weighted by molar-refractivity contribution is 9.10. The first-order chi connectivity index (χ1) is 6.57. The van der Waals surface area contributed by atoms with Gasteiger partial charge < -0.3 is 5.32 Å². The molecule has 1 aromatic carbocycles. The van der Waals surface area contributed by atoms with Crippen molar-refractivity contribution in [1.82, 2.24) is 0 Å². The van der Waals surface area contributed by atoms with E-state index in [4.69, 9.17) is 0 Å². The molecule has 0 saturated heterocycles. The fraction of sp³-hybridized carbons (Fsp3) is 0.455. The van der Waals surface area contributed by atoms with Gasteiger partial charge in [0.1, 0.15) is 5.67 Å². The van der Waals surface area contributed by atoms with Crippen molar-refractivity contribution in [3.05, 3.63) is 28.2 Å². The number of alkyl halides is 1. The van der Waals surface area contributed by atoms with Gasteiger partial charge in [0.2, 0.25) is 0 Å². The number of hydrogen-bond donors (Lipinski definition) is 1. The van der Waals surface area contributed by atoms with Crippen molar-refractivity contribution >= 4 is 21.6 Å². The van der Waals surface area contributed by atoms with E-state index in [1.54, 1.807) is 6.92 Å². The Morgan fingerprint density at radius 2 is 2.29 bits per heavy atom. The first-order valence-electron chi connectivity index (χ1n) is 4.78. The van der Waals surface area contributed by atoms with Crippen molar-refractivity contribution in [2.24, 2.45) is 0 Å². The van der Waals surface area contributed by atoms with Gasteiger partial charge in [0.15, 0.2) is 0 Å². The number of rotatable bonds is 0. The number of halogens is 2. The second kappa shape index (κ2) is 3.54. The lowest BCUT2D eigenvalue weighted by Gasteiger charge is -2.17. The topological polar surface area (TPSA) is 12.0 Å². The monoisotopic (exact) mass is 257 g/mol. The standard InChI is InChI=1S/C11H13BrFN/c1-11(13)5-4-8-2-3-9(12)6-10(8)14-7-11/h2-3,6,14H,4-5,7H2,1H3. The van der Waals surface area contributed by atoms with Crippen LogP contribution in [0.1, 0.15) is 18.9 Å². The quantitative estimate of drug-likeness (QED) is 0.750. The minimum Gasteiger partial charge on any atom is -0.382 e. The highest BCUT2D eigenvalue weighted by Crippen LogP contribution is 2.29. The van der Waals surface area contributed by atoms with Crippen LogP contribution in [0.3, 0.4) is 0 Å². The van der Waals surface area contributed by atoms with E-state index >= 15 is 0 Å². The molecule has 2 rings (SSSR count). The molecule has 3 heteroatoms. The van der Waals surface area contributed by atoms with E-state index in [1.807, 2.05) is 18.2 Å². The molecule has 0 spiro atoms. The number of benzene rings is 1. The van der Waals surface area contributed by atoms with Crippen LogP contribution in [0.25, 0.3) is 0 Å². The van der Waals surface area contributed by atoms with E-state index in [1.165, 1.54) is 5.56 Å². The van der Waals surface area contributed by atoms with Crippen molar-refractivity contribution in [2.75, 3.05) is 11.9 Å². The van der Waals surface area contributed by atoms with Crippen LogP contribution in [-0.4, -0.2) is 12.2 Å². The summed E-state index contributed by atoms with van der Waals surface area (Å²) in [4.78, 5) is 0. The van der Waals surface area contributed by atoms with Gasteiger partial charge in [-0.3, -0.25) is 0 Å². The summed E-state index contributed by atoms with van der Waals surface area (Å²) in [6.07, 6.45) is 1.40. The summed E-state index contributed by atoms with van der Waals surface area (Å²) in [5, 5.41) is 3.15. The molecule has 0 aromatic heterocycles. The highest BCUT2D eigenvalue weighted by Gasteiger charge is 2.26. The molecule has 0 saturated carbocycles. The Bertz CT molecular complexity index is 349. The maximum Gasteiger partial charge on any atom is 0.125 e. The lowest BCUT2D eigenvalue weighted by molar-refractivity contribution is 0.195. The van der Waals surface area contributed by atoms with Gasteiger partial charge in [-0.25, -0.2) is 4.39 Å². The van der Waals surface area contributed by atoms with Crippen LogP contribution in [0.5, 0.6) is 0 Å². The summed E-state index contributed by atoms with van der Waals surface area (Å²) in [6.45, 7) is 2.05. The molecule has 1 nitrogen and oxygen atoms in total. The van der Waals surface area contributed by atoms with Gasteiger partial charge in [0.05, 0.1) is 0 Å². The summed E-state index contributed by atoms with van der Waals surface area (Å²) in [5.41, 5.74) is 1.17. The number of nitrogens with one attached hydrogen (secondary N) is 1. The number of aryl methyl sites for hydroxylation is 1. The lowest BCUT2D eigenvalue weighted by atomic mass is 10.0. The van der Waals surface area contributed by atoms with Crippen LogP contribution in [0.2, 0.25) is 0 Å². The van der Waals surface area contributed by atoms with Crippen molar-refractivity contribution in [1.29, 1.82) is 0 Å². The molecule has 0 bridgehead atoms. The summed E-state index contributed by atoms with van der Waals surface area (Å²) in [5.74, 6) is 0. The van der Waals surface area contributed by atoms with Crippen LogP contribution >= 0.6 is 15.9 Å². The van der Waals surface area contributed by atoms with E-state index in [2.05, 4.69) is 21.2 Å². The Morgan fingerprint density at radius 1 is 1.50 bits per heavy atom. The van der Waals surface area contributed by atoms with Gasteiger partial charge in [-0.2, -0.15) is 0 Å². The summed E-state index contributed by atoms with van der Waals surface area (Å²) in [7, 11) is 0.